The SMILES string of the molecule is O=[N+]([O-])c1ccc(-c2nnc3sc(C=Cc4ccccc4)nn23)cc1. The van der Waals surface area contributed by atoms with Crippen molar-refractivity contribution in [2.45, 2.75) is 0 Å². The number of benzene rings is 2. The zero-order valence-electron chi connectivity index (χ0n) is 12.8. The molecule has 0 fully saturated rings. The number of nitrogens with zero attached hydrogens (tertiary/aromatic N) is 5. The highest BCUT2D eigenvalue weighted by molar-refractivity contribution is 7.17. The predicted octanol–water partition coefficient (Wildman–Crippen LogP) is 3.93. The molecule has 0 unspecified atom stereocenters. The van der Waals surface area contributed by atoms with Gasteiger partial charge in [-0.1, -0.05) is 47.7 Å². The van der Waals surface area contributed by atoms with Gasteiger partial charge in [-0.2, -0.15) is 9.61 Å². The quantitative estimate of drug-likeness (QED) is 0.411. The number of hydrogen-bond donors (Lipinski definition) is 0. The van der Waals surface area contributed by atoms with Gasteiger partial charge in [-0.25, -0.2) is 0 Å². The van der Waals surface area contributed by atoms with Gasteiger partial charge in [-0.15, -0.1) is 10.2 Å². The van der Waals surface area contributed by atoms with Crippen molar-refractivity contribution in [2.75, 3.05) is 0 Å². The summed E-state index contributed by atoms with van der Waals surface area (Å²) in [6, 6.07) is 16.1. The van der Waals surface area contributed by atoms with Crippen LogP contribution in [0.5, 0.6) is 0 Å². The lowest BCUT2D eigenvalue weighted by Gasteiger charge is -1.96. The van der Waals surface area contributed by atoms with Crippen LogP contribution in [0.2, 0.25) is 0 Å². The predicted molar refractivity (Wildman–Crippen MR) is 96.1 cm³/mol. The van der Waals surface area contributed by atoms with Crippen molar-refractivity contribution >= 4 is 34.1 Å². The number of non-ortho nitro benzene ring substituents is 1. The zero-order chi connectivity index (χ0) is 17.2. The first-order chi connectivity index (χ1) is 12.2. The van der Waals surface area contributed by atoms with Crippen LogP contribution in [0, 0.1) is 10.1 Å². The molecule has 0 atom stereocenters. The molecule has 2 aromatic heterocycles. The molecule has 0 saturated heterocycles. The van der Waals surface area contributed by atoms with Crippen LogP contribution in [0.15, 0.2) is 54.6 Å². The fourth-order valence-electron chi connectivity index (χ4n) is 2.34. The average molecular weight is 349 g/mol. The minimum absolute atomic E-state index is 0.0364. The van der Waals surface area contributed by atoms with Gasteiger partial charge in [-0.05, 0) is 23.8 Å². The van der Waals surface area contributed by atoms with Crippen LogP contribution in [0.3, 0.4) is 0 Å². The normalized spacial score (nSPS) is 11.4. The third-order valence-electron chi connectivity index (χ3n) is 3.56. The molecule has 2 heterocycles. The Labute approximate surface area is 146 Å². The van der Waals surface area contributed by atoms with E-state index in [0.717, 1.165) is 16.1 Å². The molecule has 0 aliphatic rings. The second-order valence-electron chi connectivity index (χ2n) is 5.21. The summed E-state index contributed by atoms with van der Waals surface area (Å²) in [6.45, 7) is 0. The number of hydrogen-bond acceptors (Lipinski definition) is 6. The maximum absolute atomic E-state index is 10.8. The third kappa shape index (κ3) is 3.02. The van der Waals surface area contributed by atoms with Gasteiger partial charge in [0.1, 0.15) is 5.01 Å². The lowest BCUT2D eigenvalue weighted by atomic mass is 10.2. The van der Waals surface area contributed by atoms with Crippen molar-refractivity contribution in [3.05, 3.63) is 75.3 Å². The largest absolute Gasteiger partial charge is 0.269 e. The summed E-state index contributed by atoms with van der Waals surface area (Å²) in [6.07, 6.45) is 3.91. The maximum Gasteiger partial charge on any atom is 0.269 e. The molecule has 25 heavy (non-hydrogen) atoms. The van der Waals surface area contributed by atoms with Gasteiger partial charge in [0, 0.05) is 17.7 Å². The summed E-state index contributed by atoms with van der Waals surface area (Å²) in [5.41, 5.74) is 1.85. The molecule has 8 heteroatoms. The Kier molecular flexibility index (Phi) is 3.79. The van der Waals surface area contributed by atoms with Crippen molar-refractivity contribution in [1.29, 1.82) is 0 Å². The van der Waals surface area contributed by atoms with Crippen molar-refractivity contribution in [2.24, 2.45) is 0 Å². The van der Waals surface area contributed by atoms with E-state index in [1.54, 1.807) is 16.6 Å². The average Bonchev–Trinajstić information content (AvgIpc) is 3.21. The van der Waals surface area contributed by atoms with E-state index >= 15 is 0 Å². The van der Waals surface area contributed by atoms with Crippen LogP contribution in [-0.4, -0.2) is 24.7 Å². The first-order valence-corrected chi connectivity index (χ1v) is 8.22. The van der Waals surface area contributed by atoms with E-state index in [1.807, 2.05) is 42.5 Å². The molecule has 0 spiro atoms. The first-order valence-electron chi connectivity index (χ1n) is 7.41. The summed E-state index contributed by atoms with van der Waals surface area (Å²) in [4.78, 5) is 11.0. The van der Waals surface area contributed by atoms with E-state index in [9.17, 15) is 10.1 Å². The highest BCUT2D eigenvalue weighted by Crippen LogP contribution is 2.24. The van der Waals surface area contributed by atoms with E-state index in [-0.39, 0.29) is 5.69 Å². The van der Waals surface area contributed by atoms with E-state index in [1.165, 1.54) is 23.5 Å². The number of rotatable bonds is 4. The van der Waals surface area contributed by atoms with Gasteiger partial charge < -0.3 is 0 Å². The zero-order valence-corrected chi connectivity index (χ0v) is 13.6. The molecule has 0 amide bonds. The molecule has 0 radical (unpaired) electrons. The first kappa shape index (κ1) is 15.2. The Morgan fingerprint density at radius 3 is 2.48 bits per heavy atom. The minimum Gasteiger partial charge on any atom is -0.258 e. The van der Waals surface area contributed by atoms with Gasteiger partial charge in [-0.3, -0.25) is 10.1 Å². The maximum atomic E-state index is 10.8. The summed E-state index contributed by atoms with van der Waals surface area (Å²) in [7, 11) is 0. The smallest absolute Gasteiger partial charge is 0.258 e. The minimum atomic E-state index is -0.432. The Hall–Kier alpha value is -3.39. The molecule has 0 N–H and O–H groups in total. The van der Waals surface area contributed by atoms with Crippen LogP contribution in [0.4, 0.5) is 5.69 Å². The molecule has 0 aliphatic carbocycles. The van der Waals surface area contributed by atoms with Gasteiger partial charge in [0.25, 0.3) is 5.69 Å². The van der Waals surface area contributed by atoms with Crippen LogP contribution >= 0.6 is 11.3 Å². The second kappa shape index (κ2) is 6.25. The monoisotopic (exact) mass is 349 g/mol. The fourth-order valence-corrected chi connectivity index (χ4v) is 3.08. The molecule has 7 nitrogen and oxygen atoms in total. The van der Waals surface area contributed by atoms with Crippen LogP contribution in [0.1, 0.15) is 10.6 Å². The summed E-state index contributed by atoms with van der Waals surface area (Å²) in [5.74, 6) is 0.556. The Morgan fingerprint density at radius 1 is 1.00 bits per heavy atom. The number of fused-ring (bicyclic) bond motifs is 1. The molecule has 4 aromatic rings. The van der Waals surface area contributed by atoms with E-state index < -0.39 is 4.92 Å². The molecule has 4 rings (SSSR count). The lowest BCUT2D eigenvalue weighted by Crippen LogP contribution is -1.92. The summed E-state index contributed by atoms with van der Waals surface area (Å²) >= 11 is 1.42. The highest BCUT2D eigenvalue weighted by atomic mass is 32.1. The van der Waals surface area contributed by atoms with Crippen molar-refractivity contribution in [3.8, 4) is 11.4 Å². The molecule has 0 bridgehead atoms. The number of nitro benzene ring substituents is 1. The van der Waals surface area contributed by atoms with Crippen molar-refractivity contribution < 1.29 is 4.92 Å². The second-order valence-corrected chi connectivity index (χ2v) is 6.19. The van der Waals surface area contributed by atoms with E-state index in [0.29, 0.717) is 10.8 Å². The standard InChI is InChI=1S/C17H11N5O2S/c23-22(24)14-9-7-13(8-10-14)16-18-19-17-21(16)20-15(25-17)11-6-12-4-2-1-3-5-12/h1-11H. The third-order valence-corrected chi connectivity index (χ3v) is 4.42. The van der Waals surface area contributed by atoms with Crippen LogP contribution in [-0.2, 0) is 0 Å². The topological polar surface area (TPSA) is 86.2 Å². The van der Waals surface area contributed by atoms with Crippen molar-refractivity contribution in [3.63, 3.8) is 0 Å². The van der Waals surface area contributed by atoms with Gasteiger partial charge in [0.15, 0.2) is 5.82 Å². The van der Waals surface area contributed by atoms with Crippen LogP contribution in [0.25, 0.3) is 28.5 Å². The molecular formula is C17H11N5O2S. The Bertz CT molecular complexity index is 1070. The van der Waals surface area contributed by atoms with E-state index in [2.05, 4.69) is 15.3 Å². The molecule has 0 aliphatic heterocycles. The Balaban J connectivity index is 1.66. The summed E-state index contributed by atoms with van der Waals surface area (Å²) in [5, 5.41) is 24.3. The number of aromatic nitrogens is 4. The van der Waals surface area contributed by atoms with Gasteiger partial charge >= 0.3 is 0 Å². The fraction of sp³-hybridized carbons (Fsp3) is 0. The molecule has 122 valence electrons. The number of nitro groups is 1. The highest BCUT2D eigenvalue weighted by Gasteiger charge is 2.13. The molecule has 2 aromatic carbocycles. The van der Waals surface area contributed by atoms with Crippen LogP contribution < -0.4 is 0 Å². The summed E-state index contributed by atoms with van der Waals surface area (Å²) < 4.78 is 1.65. The Morgan fingerprint density at radius 2 is 1.76 bits per heavy atom. The van der Waals surface area contributed by atoms with Gasteiger partial charge in [0.2, 0.25) is 4.96 Å². The van der Waals surface area contributed by atoms with Crippen molar-refractivity contribution in [1.82, 2.24) is 19.8 Å². The van der Waals surface area contributed by atoms with Gasteiger partial charge in [0.05, 0.1) is 4.92 Å². The molecular weight excluding hydrogens is 338 g/mol. The lowest BCUT2D eigenvalue weighted by molar-refractivity contribution is -0.384. The molecule has 0 saturated carbocycles. The van der Waals surface area contributed by atoms with E-state index in [4.69, 9.17) is 0 Å².